The van der Waals surface area contributed by atoms with Crippen LogP contribution in [0, 0.1) is 35.5 Å². The summed E-state index contributed by atoms with van der Waals surface area (Å²) in [4.78, 5) is 22.1. The van der Waals surface area contributed by atoms with E-state index in [9.17, 15) is 9.59 Å². The minimum atomic E-state index is -0.935. The van der Waals surface area contributed by atoms with Gasteiger partial charge in [0, 0.05) is 23.3 Å². The van der Waals surface area contributed by atoms with Crippen LogP contribution in [0.25, 0.3) is 34.4 Å². The Morgan fingerprint density at radius 1 is 0.556 bits per heavy atom. The number of carbonyl (C=O) groups excluding carboxylic acids is 1. The van der Waals surface area contributed by atoms with E-state index in [1.807, 2.05) is 24.3 Å². The minimum absolute atomic E-state index is 0. The van der Waals surface area contributed by atoms with Crippen LogP contribution in [0.15, 0.2) is 84.9 Å². The summed E-state index contributed by atoms with van der Waals surface area (Å²) >= 11 is 0. The van der Waals surface area contributed by atoms with Crippen LogP contribution in [0.3, 0.4) is 0 Å². The molecule has 0 aromatic heterocycles. The Labute approximate surface area is 381 Å². The Hall–Kier alpha value is -4.94. The van der Waals surface area contributed by atoms with Crippen molar-refractivity contribution in [2.45, 2.75) is 87.9 Å². The summed E-state index contributed by atoms with van der Waals surface area (Å²) < 4.78 is 28.4. The van der Waals surface area contributed by atoms with E-state index in [1.54, 1.807) is 12.2 Å². The summed E-state index contributed by atoms with van der Waals surface area (Å²) in [5.41, 5.74) is 9.69. The van der Waals surface area contributed by atoms with Crippen LogP contribution in [-0.4, -0.2) is 43.2 Å². The molecule has 4 aromatic rings. The molecule has 4 aromatic carbocycles. The number of benzene rings is 4. The maximum Gasteiger partial charge on any atom is 1.00 e. The van der Waals surface area contributed by atoms with Crippen molar-refractivity contribution in [3.63, 3.8) is 0 Å². The van der Waals surface area contributed by atoms with Crippen molar-refractivity contribution in [2.75, 3.05) is 20.7 Å². The molecular weight excluding hydrogens is 788 g/mol. The zero-order valence-electron chi connectivity index (χ0n) is 36.4. The van der Waals surface area contributed by atoms with E-state index in [4.69, 9.17) is 24.1 Å². The maximum absolute atomic E-state index is 11.3. The number of esters is 1. The number of hydrogen-bond donors (Lipinski definition) is 1. The first-order valence-electron chi connectivity index (χ1n) is 22.5. The molecule has 0 radical (unpaired) electrons. The average Bonchev–Trinajstić information content (AvgIpc) is 3.94. The third-order valence-electron chi connectivity index (χ3n) is 15.7. The molecule has 8 aliphatic carbocycles. The number of carboxylic acid groups (broad SMARTS) is 1. The number of methoxy groups -OCH3 is 1. The van der Waals surface area contributed by atoms with Gasteiger partial charge in [0.2, 0.25) is 13.6 Å². The zero-order chi connectivity index (χ0) is 41.3. The number of fused-ring (bicyclic) bond motifs is 2. The summed E-state index contributed by atoms with van der Waals surface area (Å²) in [5.74, 6) is 7.71. The molecule has 10 aliphatic rings. The van der Waals surface area contributed by atoms with Crippen molar-refractivity contribution in [1.29, 1.82) is 0 Å². The normalized spacial score (nSPS) is 29.5. The molecule has 0 saturated heterocycles. The molecule has 8 fully saturated rings. The van der Waals surface area contributed by atoms with E-state index in [2.05, 4.69) is 53.3 Å². The van der Waals surface area contributed by atoms with E-state index in [0.717, 1.165) is 86.3 Å². The van der Waals surface area contributed by atoms with E-state index < -0.39 is 5.97 Å². The number of carbonyl (C=O) groups is 2. The van der Waals surface area contributed by atoms with Crippen LogP contribution < -0.4 is 37.8 Å². The van der Waals surface area contributed by atoms with Gasteiger partial charge in [0.05, 0.1) is 7.11 Å². The van der Waals surface area contributed by atoms with Gasteiger partial charge in [-0.25, -0.2) is 9.59 Å². The third kappa shape index (κ3) is 8.22. The molecule has 8 bridgehead atoms. The molecule has 10 heteroatoms. The first-order valence-corrected chi connectivity index (χ1v) is 22.5. The van der Waals surface area contributed by atoms with E-state index in [1.165, 1.54) is 113 Å². The first-order chi connectivity index (χ1) is 29.7. The van der Waals surface area contributed by atoms with Gasteiger partial charge in [-0.3, -0.25) is 0 Å². The molecule has 322 valence electrons. The summed E-state index contributed by atoms with van der Waals surface area (Å²) in [5, 5.41) is 8.83. The summed E-state index contributed by atoms with van der Waals surface area (Å²) in [6, 6.07) is 25.3. The summed E-state index contributed by atoms with van der Waals surface area (Å²) in [6.45, 7) is 0.618. The van der Waals surface area contributed by atoms with Crippen molar-refractivity contribution in [3.05, 3.63) is 107 Å². The average molecular weight is 843 g/mol. The van der Waals surface area contributed by atoms with Gasteiger partial charge in [-0.1, -0.05) is 48.5 Å². The van der Waals surface area contributed by atoms with E-state index in [-0.39, 0.29) is 41.1 Å². The fourth-order valence-corrected chi connectivity index (χ4v) is 14.0. The van der Waals surface area contributed by atoms with Gasteiger partial charge in [-0.05, 0) is 193 Å². The molecule has 2 heterocycles. The second-order valence-electron chi connectivity index (χ2n) is 19.7. The Kier molecular flexibility index (Phi) is 11.8. The van der Waals surface area contributed by atoms with Crippen molar-refractivity contribution in [3.8, 4) is 45.3 Å². The molecular formula is C53H55LiO9. The van der Waals surface area contributed by atoms with E-state index in [0.29, 0.717) is 13.6 Å². The second kappa shape index (κ2) is 17.2. The standard InChI is InChI=1S/C27H28O4.C26H26O4.Li.H2O/c1-29-25(28)7-4-17-2-5-21(6-3-17)22-11-23(26-24(12-22)30-16-31-26)27-13-18-8-19(14-27)10-20(9-18)15-27;27-24(28)6-3-16-1-4-20(5-2-16)21-10-22(25-23(11-21)29-15-30-25)26-12-17-7-18(13-26)9-19(8-17)14-26;;/h2-7,11-12,18-20H,8-10,13-16H2,1H3;1-6,10-11,17-19H,7-9,12-15H2,(H,27,28);;1H2/q;;+1;/p-1/b7-4+;6-3+;;. The van der Waals surface area contributed by atoms with Crippen LogP contribution in [0.4, 0.5) is 0 Å². The SMILES string of the molecule is COC(=O)/C=C/c1ccc(-c2cc3c(c(C45CC6CC(CC(C6)C4)C5)c2)OCO3)cc1.O=C(O)/C=C/c1ccc(-c2cc3c(c(C45CC6CC(CC(C6)C4)C5)c2)OCO3)cc1.[Li+].[OH-]. The first kappa shape index (κ1) is 43.3. The Balaban J connectivity index is 0.000000155. The minimum Gasteiger partial charge on any atom is -0.870 e. The van der Waals surface area contributed by atoms with Gasteiger partial charge in [0.15, 0.2) is 23.0 Å². The van der Waals surface area contributed by atoms with Crippen LogP contribution in [0.2, 0.25) is 0 Å². The Morgan fingerprint density at radius 3 is 1.27 bits per heavy atom. The number of rotatable bonds is 8. The molecule has 0 atom stereocenters. The molecule has 2 aliphatic heterocycles. The van der Waals surface area contributed by atoms with Crippen LogP contribution in [0.1, 0.15) is 99.3 Å². The summed E-state index contributed by atoms with van der Waals surface area (Å²) in [7, 11) is 1.39. The molecule has 0 spiro atoms. The Morgan fingerprint density at radius 2 is 0.921 bits per heavy atom. The summed E-state index contributed by atoms with van der Waals surface area (Å²) in [6.07, 6.45) is 22.3. The van der Waals surface area contributed by atoms with Gasteiger partial charge in [-0.2, -0.15) is 0 Å². The molecule has 0 amide bonds. The smallest absolute Gasteiger partial charge is 0.870 e. The van der Waals surface area contributed by atoms with E-state index >= 15 is 0 Å². The largest absolute Gasteiger partial charge is 1.00 e. The fraction of sp³-hybridized carbons (Fsp3) is 0.434. The third-order valence-corrected chi connectivity index (χ3v) is 15.7. The molecule has 9 nitrogen and oxygen atoms in total. The number of hydrogen-bond acceptors (Lipinski definition) is 8. The maximum atomic E-state index is 11.3. The number of aliphatic carboxylic acids is 1. The predicted octanol–water partition coefficient (Wildman–Crippen LogP) is 8.21. The molecule has 14 rings (SSSR count). The van der Waals surface area contributed by atoms with Crippen molar-refractivity contribution < 1.29 is 62.7 Å². The fourth-order valence-electron chi connectivity index (χ4n) is 14.0. The van der Waals surface area contributed by atoms with Crippen LogP contribution >= 0.6 is 0 Å². The second-order valence-corrected chi connectivity index (χ2v) is 19.7. The molecule has 63 heavy (non-hydrogen) atoms. The monoisotopic (exact) mass is 842 g/mol. The van der Waals surface area contributed by atoms with Crippen molar-refractivity contribution >= 4 is 24.1 Å². The van der Waals surface area contributed by atoms with Gasteiger partial charge < -0.3 is 34.3 Å². The molecule has 8 saturated carbocycles. The molecule has 2 N–H and O–H groups in total. The molecule has 0 unspecified atom stereocenters. The van der Waals surface area contributed by atoms with Crippen molar-refractivity contribution in [2.24, 2.45) is 35.5 Å². The predicted molar refractivity (Wildman–Crippen MR) is 235 cm³/mol. The quantitative estimate of drug-likeness (QED) is 0.106. The van der Waals surface area contributed by atoms with Gasteiger partial charge >= 0.3 is 30.8 Å². The Bertz CT molecular complexity index is 2360. The number of carboxylic acids is 1. The van der Waals surface area contributed by atoms with Gasteiger partial charge in [-0.15, -0.1) is 0 Å². The van der Waals surface area contributed by atoms with Crippen LogP contribution in [0.5, 0.6) is 23.0 Å². The van der Waals surface area contributed by atoms with Gasteiger partial charge in [0.1, 0.15) is 0 Å². The number of ether oxygens (including phenoxy) is 5. The van der Waals surface area contributed by atoms with Gasteiger partial charge in [0.25, 0.3) is 0 Å². The van der Waals surface area contributed by atoms with Crippen LogP contribution in [-0.2, 0) is 25.2 Å². The topological polar surface area (TPSA) is 131 Å². The van der Waals surface area contributed by atoms with Crippen molar-refractivity contribution in [1.82, 2.24) is 0 Å². The zero-order valence-corrected chi connectivity index (χ0v) is 36.4.